The standard InChI is InChI=1S/C14H21N3O3/c1-11(18)19-8-9-20-14-3-2-12(10-13(14)15)17-6-4-16-5-7-17/h2-3,10,16H,4-9,15H2,1H3. The second-order valence-corrected chi connectivity index (χ2v) is 4.65. The van der Waals surface area contributed by atoms with Gasteiger partial charge < -0.3 is 25.4 Å². The highest BCUT2D eigenvalue weighted by molar-refractivity contribution is 5.66. The maximum atomic E-state index is 10.6. The number of nitrogens with one attached hydrogen (secondary N) is 1. The molecule has 1 aromatic carbocycles. The minimum Gasteiger partial charge on any atom is -0.488 e. The minimum atomic E-state index is -0.310. The van der Waals surface area contributed by atoms with Gasteiger partial charge in [0.1, 0.15) is 19.0 Å². The quantitative estimate of drug-likeness (QED) is 0.467. The predicted octanol–water partition coefficient (Wildman–Crippen LogP) is 0.620. The Morgan fingerprint density at radius 3 is 2.75 bits per heavy atom. The van der Waals surface area contributed by atoms with Crippen LogP contribution in [0.15, 0.2) is 18.2 Å². The lowest BCUT2D eigenvalue weighted by Crippen LogP contribution is -2.43. The number of esters is 1. The van der Waals surface area contributed by atoms with Crippen LogP contribution in [-0.4, -0.2) is 45.4 Å². The Labute approximate surface area is 118 Å². The van der Waals surface area contributed by atoms with E-state index in [-0.39, 0.29) is 12.6 Å². The summed E-state index contributed by atoms with van der Waals surface area (Å²) in [6.45, 7) is 5.83. The van der Waals surface area contributed by atoms with E-state index >= 15 is 0 Å². The van der Waals surface area contributed by atoms with Crippen molar-refractivity contribution in [2.24, 2.45) is 0 Å². The van der Waals surface area contributed by atoms with Gasteiger partial charge in [-0.3, -0.25) is 4.79 Å². The number of rotatable bonds is 5. The second kappa shape index (κ2) is 7.00. The van der Waals surface area contributed by atoms with Gasteiger partial charge in [-0.25, -0.2) is 0 Å². The van der Waals surface area contributed by atoms with Crippen LogP contribution in [0.25, 0.3) is 0 Å². The lowest BCUT2D eigenvalue weighted by atomic mass is 10.2. The van der Waals surface area contributed by atoms with Crippen molar-refractivity contribution in [1.29, 1.82) is 0 Å². The first kappa shape index (κ1) is 14.5. The number of nitrogens with two attached hydrogens (primary N) is 1. The molecule has 1 heterocycles. The van der Waals surface area contributed by atoms with Gasteiger partial charge in [-0.1, -0.05) is 0 Å². The zero-order valence-electron chi connectivity index (χ0n) is 11.7. The van der Waals surface area contributed by atoms with E-state index in [0.29, 0.717) is 18.0 Å². The fourth-order valence-corrected chi connectivity index (χ4v) is 2.12. The summed E-state index contributed by atoms with van der Waals surface area (Å²) < 4.78 is 10.3. The summed E-state index contributed by atoms with van der Waals surface area (Å²) in [6, 6.07) is 5.79. The van der Waals surface area contributed by atoms with Crippen LogP contribution in [0.4, 0.5) is 11.4 Å². The molecule has 1 aromatic rings. The van der Waals surface area contributed by atoms with E-state index in [1.807, 2.05) is 18.2 Å². The zero-order valence-corrected chi connectivity index (χ0v) is 11.7. The lowest BCUT2D eigenvalue weighted by molar-refractivity contribution is -0.141. The van der Waals surface area contributed by atoms with Crippen LogP contribution >= 0.6 is 0 Å². The highest BCUT2D eigenvalue weighted by Crippen LogP contribution is 2.27. The van der Waals surface area contributed by atoms with Crippen LogP contribution in [0, 0.1) is 0 Å². The van der Waals surface area contributed by atoms with E-state index in [1.165, 1.54) is 6.92 Å². The lowest BCUT2D eigenvalue weighted by Gasteiger charge is -2.29. The maximum Gasteiger partial charge on any atom is 0.302 e. The molecule has 0 aromatic heterocycles. The number of benzene rings is 1. The topological polar surface area (TPSA) is 76.8 Å². The molecule has 6 nitrogen and oxygen atoms in total. The number of carbonyl (C=O) groups is 1. The van der Waals surface area contributed by atoms with Crippen molar-refractivity contribution in [3.05, 3.63) is 18.2 Å². The van der Waals surface area contributed by atoms with E-state index in [1.54, 1.807) is 0 Å². The Hall–Kier alpha value is -1.95. The van der Waals surface area contributed by atoms with Crippen LogP contribution in [0.1, 0.15) is 6.92 Å². The number of carbonyl (C=O) groups excluding carboxylic acids is 1. The molecule has 0 amide bonds. The van der Waals surface area contributed by atoms with E-state index in [2.05, 4.69) is 10.2 Å². The molecule has 2 rings (SSSR count). The number of piperazine rings is 1. The third-order valence-electron chi connectivity index (χ3n) is 3.12. The Bertz CT molecular complexity index is 459. The van der Waals surface area contributed by atoms with Crippen LogP contribution in [0.2, 0.25) is 0 Å². The van der Waals surface area contributed by atoms with Gasteiger partial charge in [0.05, 0.1) is 5.69 Å². The van der Waals surface area contributed by atoms with Crippen molar-refractivity contribution in [2.75, 3.05) is 50.0 Å². The van der Waals surface area contributed by atoms with Crippen molar-refractivity contribution < 1.29 is 14.3 Å². The number of hydrogen-bond acceptors (Lipinski definition) is 6. The fraction of sp³-hybridized carbons (Fsp3) is 0.500. The molecule has 1 aliphatic heterocycles. The SMILES string of the molecule is CC(=O)OCCOc1ccc(N2CCNCC2)cc1N. The Kier molecular flexibility index (Phi) is 5.06. The molecule has 0 atom stereocenters. The van der Waals surface area contributed by atoms with Gasteiger partial charge >= 0.3 is 5.97 Å². The van der Waals surface area contributed by atoms with E-state index < -0.39 is 0 Å². The Balaban J connectivity index is 1.90. The van der Waals surface area contributed by atoms with E-state index in [9.17, 15) is 4.79 Å². The van der Waals surface area contributed by atoms with Gasteiger partial charge in [-0.2, -0.15) is 0 Å². The molecule has 1 fully saturated rings. The van der Waals surface area contributed by atoms with Gasteiger partial charge in [0.25, 0.3) is 0 Å². The van der Waals surface area contributed by atoms with Crippen LogP contribution < -0.4 is 20.7 Å². The third-order valence-corrected chi connectivity index (χ3v) is 3.12. The monoisotopic (exact) mass is 279 g/mol. The normalized spacial score (nSPS) is 14.9. The van der Waals surface area contributed by atoms with Gasteiger partial charge in [0.2, 0.25) is 0 Å². The van der Waals surface area contributed by atoms with Crippen molar-refractivity contribution in [1.82, 2.24) is 5.32 Å². The minimum absolute atomic E-state index is 0.230. The molecule has 20 heavy (non-hydrogen) atoms. The summed E-state index contributed by atoms with van der Waals surface area (Å²) in [6.07, 6.45) is 0. The first-order valence-corrected chi connectivity index (χ1v) is 6.78. The van der Waals surface area contributed by atoms with Gasteiger partial charge in [0.15, 0.2) is 0 Å². The van der Waals surface area contributed by atoms with Crippen molar-refractivity contribution >= 4 is 17.3 Å². The third kappa shape index (κ3) is 4.03. The van der Waals surface area contributed by atoms with E-state index in [4.69, 9.17) is 15.2 Å². The average Bonchev–Trinajstić information content (AvgIpc) is 2.45. The molecule has 0 saturated carbocycles. The van der Waals surface area contributed by atoms with Gasteiger partial charge in [0, 0.05) is 38.8 Å². The maximum absolute atomic E-state index is 10.6. The summed E-state index contributed by atoms with van der Waals surface area (Å²) in [5.41, 5.74) is 7.70. The highest BCUT2D eigenvalue weighted by Gasteiger charge is 2.12. The first-order valence-electron chi connectivity index (χ1n) is 6.78. The molecule has 0 aliphatic carbocycles. The smallest absolute Gasteiger partial charge is 0.302 e. The van der Waals surface area contributed by atoms with Crippen LogP contribution in [0.5, 0.6) is 5.75 Å². The Morgan fingerprint density at radius 2 is 2.10 bits per heavy atom. The predicted molar refractivity (Wildman–Crippen MR) is 78.1 cm³/mol. The molecule has 1 saturated heterocycles. The zero-order chi connectivity index (χ0) is 14.4. The summed E-state index contributed by atoms with van der Waals surface area (Å²) in [5.74, 6) is 0.312. The van der Waals surface area contributed by atoms with Crippen molar-refractivity contribution in [3.63, 3.8) is 0 Å². The molecule has 1 aliphatic rings. The molecule has 6 heteroatoms. The Morgan fingerprint density at radius 1 is 1.35 bits per heavy atom. The van der Waals surface area contributed by atoms with Gasteiger partial charge in [-0.15, -0.1) is 0 Å². The molecule has 110 valence electrons. The summed E-state index contributed by atoms with van der Waals surface area (Å²) in [5, 5.41) is 3.31. The number of nitrogens with zero attached hydrogens (tertiary/aromatic N) is 1. The molecular weight excluding hydrogens is 258 g/mol. The number of hydrogen-bond donors (Lipinski definition) is 2. The molecule has 0 unspecified atom stereocenters. The number of nitrogen functional groups attached to an aromatic ring is 1. The fourth-order valence-electron chi connectivity index (χ4n) is 2.12. The second-order valence-electron chi connectivity index (χ2n) is 4.65. The van der Waals surface area contributed by atoms with Crippen molar-refractivity contribution in [2.45, 2.75) is 6.92 Å². The summed E-state index contributed by atoms with van der Waals surface area (Å²) in [7, 11) is 0. The largest absolute Gasteiger partial charge is 0.488 e. The molecule has 0 bridgehead atoms. The number of anilines is 2. The summed E-state index contributed by atoms with van der Waals surface area (Å²) >= 11 is 0. The first-order chi connectivity index (χ1) is 9.66. The van der Waals surface area contributed by atoms with Gasteiger partial charge in [-0.05, 0) is 18.2 Å². The molecule has 0 spiro atoms. The molecule has 0 radical (unpaired) electrons. The van der Waals surface area contributed by atoms with E-state index in [0.717, 1.165) is 31.9 Å². The average molecular weight is 279 g/mol. The van der Waals surface area contributed by atoms with Crippen LogP contribution in [-0.2, 0) is 9.53 Å². The molecular formula is C14H21N3O3. The summed E-state index contributed by atoms with van der Waals surface area (Å²) in [4.78, 5) is 12.9. The van der Waals surface area contributed by atoms with Crippen molar-refractivity contribution in [3.8, 4) is 5.75 Å². The molecule has 3 N–H and O–H groups in total. The number of ether oxygens (including phenoxy) is 2. The highest BCUT2D eigenvalue weighted by atomic mass is 16.6. The van der Waals surface area contributed by atoms with Crippen LogP contribution in [0.3, 0.4) is 0 Å².